The van der Waals surface area contributed by atoms with Crippen molar-refractivity contribution >= 4 is 5.88 Å². The first-order valence-corrected chi connectivity index (χ1v) is 7.11. The zero-order valence-electron chi connectivity index (χ0n) is 13.1. The molecular formula is C14H19N5O4. The second-order valence-electron chi connectivity index (χ2n) is 5.04. The summed E-state index contributed by atoms with van der Waals surface area (Å²) in [5.41, 5.74) is 0. The summed E-state index contributed by atoms with van der Waals surface area (Å²) in [6, 6.07) is 2.73. The first kappa shape index (κ1) is 16.8. The van der Waals surface area contributed by atoms with Crippen LogP contribution >= 0.6 is 0 Å². The van der Waals surface area contributed by atoms with Gasteiger partial charge in [-0.1, -0.05) is 0 Å². The Bertz CT molecular complexity index is 626. The van der Waals surface area contributed by atoms with E-state index in [1.807, 2.05) is 14.1 Å². The second-order valence-corrected chi connectivity index (χ2v) is 5.04. The molecule has 0 aliphatic carbocycles. The minimum Gasteiger partial charge on any atom is -0.489 e. The Morgan fingerprint density at radius 3 is 2.65 bits per heavy atom. The van der Waals surface area contributed by atoms with E-state index in [1.54, 1.807) is 0 Å². The molecule has 9 heteroatoms. The van der Waals surface area contributed by atoms with E-state index in [2.05, 4.69) is 20.2 Å². The van der Waals surface area contributed by atoms with E-state index < -0.39 is 4.92 Å². The largest absolute Gasteiger partial charge is 0.489 e. The van der Waals surface area contributed by atoms with Crippen molar-refractivity contribution in [2.75, 3.05) is 40.3 Å². The Balaban J connectivity index is 1.79. The molecule has 0 aliphatic heterocycles. The van der Waals surface area contributed by atoms with Crippen molar-refractivity contribution in [3.63, 3.8) is 0 Å². The highest BCUT2D eigenvalue weighted by molar-refractivity contribution is 5.48. The van der Waals surface area contributed by atoms with Crippen LogP contribution in [0, 0.1) is 10.1 Å². The van der Waals surface area contributed by atoms with Crippen molar-refractivity contribution in [1.29, 1.82) is 0 Å². The Kier molecular flexibility index (Phi) is 6.01. The van der Waals surface area contributed by atoms with Crippen molar-refractivity contribution in [2.45, 2.75) is 0 Å². The van der Waals surface area contributed by atoms with Crippen LogP contribution in [0.2, 0.25) is 0 Å². The maximum Gasteiger partial charge on any atom is 0.433 e. The molecule has 0 amide bonds. The van der Waals surface area contributed by atoms with Gasteiger partial charge in [-0.3, -0.25) is 10.1 Å². The number of aromatic nitrogens is 2. The summed E-state index contributed by atoms with van der Waals surface area (Å²) >= 11 is 0. The van der Waals surface area contributed by atoms with E-state index >= 15 is 0 Å². The van der Waals surface area contributed by atoms with E-state index in [0.29, 0.717) is 12.4 Å². The normalized spacial score (nSPS) is 10.9. The summed E-state index contributed by atoms with van der Waals surface area (Å²) in [6.45, 7) is 3.08. The average Bonchev–Trinajstić information content (AvgIpc) is 3.01. The Labute approximate surface area is 133 Å². The summed E-state index contributed by atoms with van der Waals surface area (Å²) in [5, 5.41) is 13.8. The molecule has 2 aromatic heterocycles. The van der Waals surface area contributed by atoms with Gasteiger partial charge in [-0.15, -0.1) is 0 Å². The minimum absolute atomic E-state index is 0.244. The molecule has 0 atom stereocenters. The number of nitro groups is 1. The molecule has 124 valence electrons. The summed E-state index contributed by atoms with van der Waals surface area (Å²) in [4.78, 5) is 20.2. The third kappa shape index (κ3) is 5.31. The molecule has 2 rings (SSSR count). The molecule has 0 unspecified atom stereocenters. The fraction of sp³-hybridized carbons (Fsp3) is 0.429. The van der Waals surface area contributed by atoms with Gasteiger partial charge in [-0.25, -0.2) is 9.97 Å². The lowest BCUT2D eigenvalue weighted by molar-refractivity contribution is -0.401. The molecule has 0 aromatic carbocycles. The third-order valence-corrected chi connectivity index (χ3v) is 2.90. The van der Waals surface area contributed by atoms with Gasteiger partial charge in [-0.05, 0) is 20.2 Å². The smallest absolute Gasteiger partial charge is 0.433 e. The molecule has 2 heterocycles. The standard InChI is InChI=1S/C14H19N5O4/c1-18(2)7-5-15-6-8-22-11-9-16-14(17-10-11)12-3-4-13(23-12)19(20)21/h3-4,9-10,15H,5-8H2,1-2H3. The zero-order chi connectivity index (χ0) is 16.7. The van der Waals surface area contributed by atoms with Crippen LogP contribution in [-0.2, 0) is 0 Å². The minimum atomic E-state index is -0.607. The molecule has 1 N–H and O–H groups in total. The van der Waals surface area contributed by atoms with Gasteiger partial charge in [0, 0.05) is 19.6 Å². The number of rotatable bonds is 9. The highest BCUT2D eigenvalue weighted by Gasteiger charge is 2.14. The molecule has 0 saturated carbocycles. The van der Waals surface area contributed by atoms with Crippen molar-refractivity contribution in [2.24, 2.45) is 0 Å². The number of hydrogen-bond acceptors (Lipinski definition) is 8. The lowest BCUT2D eigenvalue weighted by Gasteiger charge is -2.10. The average molecular weight is 321 g/mol. The summed E-state index contributed by atoms with van der Waals surface area (Å²) in [6.07, 6.45) is 3.02. The fourth-order valence-corrected chi connectivity index (χ4v) is 1.73. The molecule has 2 aromatic rings. The van der Waals surface area contributed by atoms with Gasteiger partial charge in [0.1, 0.15) is 11.5 Å². The summed E-state index contributed by atoms with van der Waals surface area (Å²) in [7, 11) is 4.04. The molecule has 0 aliphatic rings. The van der Waals surface area contributed by atoms with E-state index in [0.717, 1.165) is 19.6 Å². The van der Waals surface area contributed by atoms with Crippen molar-refractivity contribution in [3.8, 4) is 17.3 Å². The molecule has 0 saturated heterocycles. The number of likely N-dealkylation sites (N-methyl/N-ethyl adjacent to an activating group) is 1. The topological polar surface area (TPSA) is 107 Å². The maximum atomic E-state index is 10.6. The van der Waals surface area contributed by atoms with E-state index in [-0.39, 0.29) is 17.5 Å². The predicted octanol–water partition coefficient (Wildman–Crippen LogP) is 1.17. The summed E-state index contributed by atoms with van der Waals surface area (Å²) < 4.78 is 10.5. The highest BCUT2D eigenvalue weighted by atomic mass is 16.6. The Morgan fingerprint density at radius 1 is 1.30 bits per heavy atom. The van der Waals surface area contributed by atoms with Gasteiger partial charge < -0.3 is 19.4 Å². The lowest BCUT2D eigenvalue weighted by atomic mass is 10.4. The van der Waals surface area contributed by atoms with Gasteiger partial charge in [0.15, 0.2) is 17.3 Å². The quantitative estimate of drug-likeness (QED) is 0.417. The Hall–Kier alpha value is -2.52. The summed E-state index contributed by atoms with van der Waals surface area (Å²) in [5.74, 6) is 0.708. The number of furan rings is 1. The highest BCUT2D eigenvalue weighted by Crippen LogP contribution is 2.23. The van der Waals surface area contributed by atoms with Crippen LogP contribution in [0.4, 0.5) is 5.88 Å². The van der Waals surface area contributed by atoms with Gasteiger partial charge in [0.05, 0.1) is 18.5 Å². The SMILES string of the molecule is CN(C)CCNCCOc1cnc(-c2ccc([N+](=O)[O-])o2)nc1. The number of nitrogens with one attached hydrogen (secondary N) is 1. The van der Waals surface area contributed by atoms with Gasteiger partial charge in [0.2, 0.25) is 0 Å². The first-order valence-electron chi connectivity index (χ1n) is 7.11. The molecule has 0 bridgehead atoms. The van der Waals surface area contributed by atoms with Crippen LogP contribution in [0.5, 0.6) is 5.75 Å². The van der Waals surface area contributed by atoms with Crippen LogP contribution in [0.15, 0.2) is 28.9 Å². The molecule has 9 nitrogen and oxygen atoms in total. The lowest BCUT2D eigenvalue weighted by Crippen LogP contribution is -2.29. The number of ether oxygens (including phenoxy) is 1. The maximum absolute atomic E-state index is 10.6. The molecule has 0 radical (unpaired) electrons. The van der Waals surface area contributed by atoms with Crippen molar-refractivity contribution < 1.29 is 14.1 Å². The van der Waals surface area contributed by atoms with Crippen molar-refractivity contribution in [3.05, 3.63) is 34.6 Å². The second kappa shape index (κ2) is 8.20. The van der Waals surface area contributed by atoms with Crippen LogP contribution in [0.3, 0.4) is 0 Å². The van der Waals surface area contributed by atoms with Gasteiger partial charge >= 0.3 is 5.88 Å². The monoisotopic (exact) mass is 321 g/mol. The predicted molar refractivity (Wildman–Crippen MR) is 83.3 cm³/mol. The molecule has 23 heavy (non-hydrogen) atoms. The number of nitrogens with zero attached hydrogens (tertiary/aromatic N) is 4. The first-order chi connectivity index (χ1) is 11.1. The fourth-order valence-electron chi connectivity index (χ4n) is 1.73. The van der Waals surface area contributed by atoms with Gasteiger partial charge in [-0.2, -0.15) is 0 Å². The van der Waals surface area contributed by atoms with Crippen LogP contribution in [0.1, 0.15) is 0 Å². The van der Waals surface area contributed by atoms with Gasteiger partial charge in [0.25, 0.3) is 0 Å². The van der Waals surface area contributed by atoms with E-state index in [9.17, 15) is 10.1 Å². The van der Waals surface area contributed by atoms with Crippen LogP contribution in [0.25, 0.3) is 11.6 Å². The molecule has 0 fully saturated rings. The van der Waals surface area contributed by atoms with E-state index in [4.69, 9.17) is 9.15 Å². The zero-order valence-corrected chi connectivity index (χ0v) is 13.1. The van der Waals surface area contributed by atoms with Crippen molar-refractivity contribution in [1.82, 2.24) is 20.2 Å². The number of hydrogen-bond donors (Lipinski definition) is 1. The van der Waals surface area contributed by atoms with E-state index in [1.165, 1.54) is 24.5 Å². The Morgan fingerprint density at radius 2 is 2.04 bits per heavy atom. The van der Waals surface area contributed by atoms with Crippen LogP contribution < -0.4 is 10.1 Å². The molecular weight excluding hydrogens is 302 g/mol. The molecule has 0 spiro atoms. The third-order valence-electron chi connectivity index (χ3n) is 2.90. The van der Waals surface area contributed by atoms with Crippen LogP contribution in [-0.4, -0.2) is 60.1 Å².